The van der Waals surface area contributed by atoms with Crippen LogP contribution in [0.25, 0.3) is 0 Å². The van der Waals surface area contributed by atoms with Crippen LogP contribution < -0.4 is 0 Å². The van der Waals surface area contributed by atoms with Gasteiger partial charge in [-0.3, -0.25) is 0 Å². The van der Waals surface area contributed by atoms with Gasteiger partial charge in [0.05, 0.1) is 6.61 Å². The van der Waals surface area contributed by atoms with Gasteiger partial charge < -0.3 is 14.2 Å². The molecule has 0 saturated heterocycles. The molecule has 0 bridgehead atoms. The molecule has 2 amide bonds. The zero-order valence-corrected chi connectivity index (χ0v) is 15.9. The lowest BCUT2D eigenvalue weighted by Crippen LogP contribution is -2.55. The fraction of sp³-hybridized carbons (Fsp3) is 0.824. The standard InChI is InChI=1S/C17H29NO6/c1-9-22-12(19)17(10-11(17)2)18(13(20)23-15(3,4)5)14(21)24-16(6,7)8/h11H,9-10H2,1-8H3/t11-,17-/m1/s1. The van der Waals surface area contributed by atoms with Gasteiger partial charge in [-0.15, -0.1) is 0 Å². The third kappa shape index (κ3) is 4.61. The highest BCUT2D eigenvalue weighted by Gasteiger charge is 2.68. The SMILES string of the molecule is CCOC(=O)[C@@]1(N(C(=O)OC(C)(C)C)C(=O)OC(C)(C)C)C[C@H]1C. The van der Waals surface area contributed by atoms with Gasteiger partial charge in [-0.25, -0.2) is 14.4 Å². The molecule has 1 saturated carbocycles. The Morgan fingerprint density at radius 2 is 1.38 bits per heavy atom. The molecule has 0 aromatic carbocycles. The van der Waals surface area contributed by atoms with E-state index in [1.54, 1.807) is 55.4 Å². The molecule has 1 rings (SSSR count). The molecular formula is C17H29NO6. The minimum atomic E-state index is -1.36. The minimum absolute atomic E-state index is 0.157. The van der Waals surface area contributed by atoms with Crippen molar-refractivity contribution in [3.05, 3.63) is 0 Å². The van der Waals surface area contributed by atoms with Crippen LogP contribution in [0.5, 0.6) is 0 Å². The number of rotatable bonds is 3. The maximum atomic E-state index is 12.6. The molecule has 0 heterocycles. The smallest absolute Gasteiger partial charge is 0.420 e. The largest absolute Gasteiger partial charge is 0.464 e. The van der Waals surface area contributed by atoms with E-state index in [1.807, 2.05) is 0 Å². The van der Waals surface area contributed by atoms with Crippen LogP contribution in [0.1, 0.15) is 61.8 Å². The first-order chi connectivity index (χ1) is 10.7. The molecule has 0 radical (unpaired) electrons. The van der Waals surface area contributed by atoms with Crippen molar-refractivity contribution in [3.8, 4) is 0 Å². The first kappa shape index (κ1) is 20.3. The van der Waals surface area contributed by atoms with Gasteiger partial charge in [-0.2, -0.15) is 4.90 Å². The Morgan fingerprint density at radius 3 is 1.62 bits per heavy atom. The third-order valence-corrected chi connectivity index (χ3v) is 3.45. The molecular weight excluding hydrogens is 314 g/mol. The second-order valence-corrected chi connectivity index (χ2v) is 8.05. The van der Waals surface area contributed by atoms with Gasteiger partial charge in [0.15, 0.2) is 5.54 Å². The quantitative estimate of drug-likeness (QED) is 0.576. The number of ether oxygens (including phenoxy) is 3. The van der Waals surface area contributed by atoms with Crippen LogP contribution in [0.2, 0.25) is 0 Å². The summed E-state index contributed by atoms with van der Waals surface area (Å²) in [6.07, 6.45) is -1.49. The van der Waals surface area contributed by atoms with Gasteiger partial charge in [0.1, 0.15) is 11.2 Å². The van der Waals surface area contributed by atoms with E-state index in [-0.39, 0.29) is 12.5 Å². The molecule has 1 aliphatic carbocycles. The molecule has 138 valence electrons. The normalized spacial score (nSPS) is 23.2. The second-order valence-electron chi connectivity index (χ2n) is 8.05. The molecule has 0 N–H and O–H groups in total. The van der Waals surface area contributed by atoms with Crippen LogP contribution in [0.4, 0.5) is 9.59 Å². The van der Waals surface area contributed by atoms with E-state index in [1.165, 1.54) is 0 Å². The minimum Gasteiger partial charge on any atom is -0.464 e. The highest BCUT2D eigenvalue weighted by molar-refractivity contribution is 5.99. The summed E-state index contributed by atoms with van der Waals surface area (Å²) in [6, 6.07) is 0. The summed E-state index contributed by atoms with van der Waals surface area (Å²) in [6.45, 7) is 13.7. The summed E-state index contributed by atoms with van der Waals surface area (Å²) in [5, 5.41) is 0. The van der Waals surface area contributed by atoms with Gasteiger partial charge >= 0.3 is 18.2 Å². The Bertz CT molecular complexity index is 488. The number of hydrogen-bond donors (Lipinski definition) is 0. The Kier molecular flexibility index (Phi) is 5.58. The van der Waals surface area contributed by atoms with E-state index in [4.69, 9.17) is 14.2 Å². The second kappa shape index (κ2) is 6.61. The predicted octanol–water partition coefficient (Wildman–Crippen LogP) is 3.50. The first-order valence-corrected chi connectivity index (χ1v) is 8.18. The van der Waals surface area contributed by atoms with Crippen LogP contribution in [0.3, 0.4) is 0 Å². The fourth-order valence-electron chi connectivity index (χ4n) is 2.37. The van der Waals surface area contributed by atoms with Gasteiger partial charge in [-0.05, 0) is 60.8 Å². The Balaban J connectivity index is 3.20. The molecule has 7 nitrogen and oxygen atoms in total. The van der Waals surface area contributed by atoms with Crippen molar-refractivity contribution in [2.24, 2.45) is 5.92 Å². The number of amides is 2. The van der Waals surface area contributed by atoms with E-state index < -0.39 is 34.9 Å². The van der Waals surface area contributed by atoms with Crippen molar-refractivity contribution in [2.45, 2.75) is 78.6 Å². The van der Waals surface area contributed by atoms with E-state index in [0.717, 1.165) is 4.90 Å². The Hall–Kier alpha value is -1.79. The summed E-state index contributed by atoms with van der Waals surface area (Å²) < 4.78 is 15.7. The monoisotopic (exact) mass is 343 g/mol. The van der Waals surface area contributed by atoms with E-state index in [2.05, 4.69) is 0 Å². The molecule has 2 atom stereocenters. The molecule has 1 aliphatic rings. The fourth-order valence-corrected chi connectivity index (χ4v) is 2.37. The van der Waals surface area contributed by atoms with E-state index in [0.29, 0.717) is 6.42 Å². The van der Waals surface area contributed by atoms with Crippen molar-refractivity contribution in [1.29, 1.82) is 0 Å². The number of hydrogen-bond acceptors (Lipinski definition) is 6. The maximum absolute atomic E-state index is 12.6. The molecule has 0 spiro atoms. The molecule has 1 fully saturated rings. The number of imide groups is 1. The van der Waals surface area contributed by atoms with E-state index in [9.17, 15) is 14.4 Å². The van der Waals surface area contributed by atoms with Crippen LogP contribution in [0, 0.1) is 5.92 Å². The van der Waals surface area contributed by atoms with Crippen LogP contribution in [-0.2, 0) is 19.0 Å². The van der Waals surface area contributed by atoms with Gasteiger partial charge in [0.25, 0.3) is 0 Å². The van der Waals surface area contributed by atoms with Gasteiger partial charge in [0, 0.05) is 0 Å². The molecule has 0 aliphatic heterocycles. The lowest BCUT2D eigenvalue weighted by Gasteiger charge is -2.33. The topological polar surface area (TPSA) is 82.1 Å². The number of carbonyl (C=O) groups excluding carboxylic acids is 3. The molecule has 0 unspecified atom stereocenters. The average molecular weight is 343 g/mol. The summed E-state index contributed by atoms with van der Waals surface area (Å²) in [4.78, 5) is 38.5. The van der Waals surface area contributed by atoms with Crippen LogP contribution in [0.15, 0.2) is 0 Å². The lowest BCUT2D eigenvalue weighted by atomic mass is 10.1. The predicted molar refractivity (Wildman–Crippen MR) is 87.5 cm³/mol. The van der Waals surface area contributed by atoms with Crippen LogP contribution >= 0.6 is 0 Å². The lowest BCUT2D eigenvalue weighted by molar-refractivity contribution is -0.151. The van der Waals surface area contributed by atoms with Gasteiger partial charge in [-0.1, -0.05) is 6.92 Å². The highest BCUT2D eigenvalue weighted by atomic mass is 16.6. The number of esters is 1. The summed E-state index contributed by atoms with van der Waals surface area (Å²) in [5.41, 5.74) is -2.99. The van der Waals surface area contributed by atoms with Crippen molar-refractivity contribution < 1.29 is 28.6 Å². The number of nitrogens with zero attached hydrogens (tertiary/aromatic N) is 1. The summed E-state index contributed by atoms with van der Waals surface area (Å²) in [7, 11) is 0. The molecule has 0 aromatic heterocycles. The first-order valence-electron chi connectivity index (χ1n) is 8.18. The van der Waals surface area contributed by atoms with Crippen molar-refractivity contribution >= 4 is 18.2 Å². The summed E-state index contributed by atoms with van der Waals surface area (Å²) >= 11 is 0. The number of carbonyl (C=O) groups is 3. The van der Waals surface area contributed by atoms with Crippen molar-refractivity contribution in [3.63, 3.8) is 0 Å². The zero-order valence-electron chi connectivity index (χ0n) is 15.9. The molecule has 0 aromatic rings. The Morgan fingerprint density at radius 1 is 1.00 bits per heavy atom. The average Bonchev–Trinajstić information content (AvgIpc) is 2.97. The van der Waals surface area contributed by atoms with E-state index >= 15 is 0 Å². The highest BCUT2D eigenvalue weighted by Crippen LogP contribution is 2.50. The van der Waals surface area contributed by atoms with Crippen molar-refractivity contribution in [1.82, 2.24) is 4.90 Å². The summed E-state index contributed by atoms with van der Waals surface area (Å²) in [5.74, 6) is -0.842. The maximum Gasteiger partial charge on any atom is 0.420 e. The molecule has 24 heavy (non-hydrogen) atoms. The van der Waals surface area contributed by atoms with Crippen LogP contribution in [-0.4, -0.2) is 46.4 Å². The molecule has 7 heteroatoms. The Labute approximate surface area is 143 Å². The van der Waals surface area contributed by atoms with Gasteiger partial charge in [0.2, 0.25) is 0 Å². The third-order valence-electron chi connectivity index (χ3n) is 3.45. The van der Waals surface area contributed by atoms with Crippen molar-refractivity contribution in [2.75, 3.05) is 6.61 Å². The zero-order chi connectivity index (χ0) is 18.9.